The van der Waals surface area contributed by atoms with Gasteiger partial charge in [0.15, 0.2) is 0 Å². The summed E-state index contributed by atoms with van der Waals surface area (Å²) in [6.07, 6.45) is -0.497. The van der Waals surface area contributed by atoms with E-state index in [9.17, 15) is 10.2 Å². The Morgan fingerprint density at radius 1 is 1.33 bits per heavy atom. The second-order valence-corrected chi connectivity index (χ2v) is 5.07. The van der Waals surface area contributed by atoms with Crippen LogP contribution in [0.3, 0.4) is 0 Å². The molecular weight excluding hydrogens is 246 g/mol. The van der Waals surface area contributed by atoms with E-state index in [0.717, 1.165) is 16.7 Å². The summed E-state index contributed by atoms with van der Waals surface area (Å²) in [5, 5.41) is 26.8. The first-order valence-corrected chi connectivity index (χ1v) is 6.81. The summed E-state index contributed by atoms with van der Waals surface area (Å²) in [6, 6.07) is 7.59. The van der Waals surface area contributed by atoms with Gasteiger partial charge >= 0.3 is 0 Å². The van der Waals surface area contributed by atoms with Gasteiger partial charge in [0.1, 0.15) is 5.75 Å². The van der Waals surface area contributed by atoms with Crippen molar-refractivity contribution in [1.82, 2.24) is 5.32 Å². The molecule has 0 spiro atoms. The third-order valence-corrected chi connectivity index (χ3v) is 3.60. The zero-order valence-corrected chi connectivity index (χ0v) is 11.1. The second-order valence-electron chi connectivity index (χ2n) is 4.29. The molecule has 2 aromatic rings. The van der Waals surface area contributed by atoms with Gasteiger partial charge in [0.05, 0.1) is 6.10 Å². The van der Waals surface area contributed by atoms with Gasteiger partial charge in [0.2, 0.25) is 0 Å². The Morgan fingerprint density at radius 3 is 2.89 bits per heavy atom. The van der Waals surface area contributed by atoms with Crippen molar-refractivity contribution in [2.24, 2.45) is 0 Å². The van der Waals surface area contributed by atoms with Gasteiger partial charge in [-0.2, -0.15) is 11.3 Å². The molecule has 3 N–H and O–H groups in total. The maximum absolute atomic E-state index is 9.89. The monoisotopic (exact) mass is 263 g/mol. The predicted molar refractivity (Wildman–Crippen MR) is 73.8 cm³/mol. The Bertz CT molecular complexity index is 497. The summed E-state index contributed by atoms with van der Waals surface area (Å²) in [6.45, 7) is 2.90. The molecule has 0 bridgehead atoms. The van der Waals surface area contributed by atoms with E-state index >= 15 is 0 Å². The minimum absolute atomic E-state index is 0.329. The van der Waals surface area contributed by atoms with Gasteiger partial charge in [-0.05, 0) is 34.9 Å². The Kier molecular flexibility index (Phi) is 4.36. The van der Waals surface area contributed by atoms with Crippen molar-refractivity contribution < 1.29 is 10.2 Å². The van der Waals surface area contributed by atoms with Crippen LogP contribution in [0.2, 0.25) is 0 Å². The van der Waals surface area contributed by atoms with Crippen molar-refractivity contribution >= 4 is 11.3 Å². The van der Waals surface area contributed by atoms with Gasteiger partial charge in [-0.1, -0.05) is 18.2 Å². The molecule has 0 saturated heterocycles. The highest BCUT2D eigenvalue weighted by Crippen LogP contribution is 2.21. The van der Waals surface area contributed by atoms with E-state index < -0.39 is 6.10 Å². The minimum Gasteiger partial charge on any atom is -0.507 e. The SMILES string of the molecule is Cc1cccc(CNCC(O)c2ccsc2)c1O. The number of rotatable bonds is 5. The lowest BCUT2D eigenvalue weighted by Crippen LogP contribution is -2.20. The Morgan fingerprint density at radius 2 is 2.17 bits per heavy atom. The van der Waals surface area contributed by atoms with Gasteiger partial charge in [-0.15, -0.1) is 0 Å². The third kappa shape index (κ3) is 3.10. The summed E-state index contributed by atoms with van der Waals surface area (Å²) in [7, 11) is 0. The van der Waals surface area contributed by atoms with Gasteiger partial charge in [0, 0.05) is 18.7 Å². The summed E-state index contributed by atoms with van der Waals surface area (Å²) in [4.78, 5) is 0. The number of para-hydroxylation sites is 1. The first-order valence-electron chi connectivity index (χ1n) is 5.87. The van der Waals surface area contributed by atoms with Crippen LogP contribution < -0.4 is 5.32 Å². The van der Waals surface area contributed by atoms with Crippen molar-refractivity contribution in [3.63, 3.8) is 0 Å². The van der Waals surface area contributed by atoms with E-state index in [4.69, 9.17) is 0 Å². The van der Waals surface area contributed by atoms with Crippen LogP contribution in [-0.4, -0.2) is 16.8 Å². The third-order valence-electron chi connectivity index (χ3n) is 2.90. The normalized spacial score (nSPS) is 12.6. The molecule has 18 heavy (non-hydrogen) atoms. The molecule has 1 aromatic heterocycles. The topological polar surface area (TPSA) is 52.5 Å². The first kappa shape index (κ1) is 13.1. The maximum atomic E-state index is 9.89. The standard InChI is InChI=1S/C14H17NO2S/c1-10-3-2-4-11(14(10)17)7-15-8-13(16)12-5-6-18-9-12/h2-6,9,13,15-17H,7-8H2,1H3. The molecule has 1 unspecified atom stereocenters. The fraction of sp³-hybridized carbons (Fsp3) is 0.286. The molecule has 1 heterocycles. The lowest BCUT2D eigenvalue weighted by Gasteiger charge is -2.12. The lowest BCUT2D eigenvalue weighted by molar-refractivity contribution is 0.174. The van der Waals surface area contributed by atoms with E-state index in [0.29, 0.717) is 18.8 Å². The minimum atomic E-state index is -0.497. The van der Waals surface area contributed by atoms with Crippen LogP contribution in [0.4, 0.5) is 0 Å². The zero-order chi connectivity index (χ0) is 13.0. The molecule has 1 atom stereocenters. The molecule has 0 radical (unpaired) electrons. The van der Waals surface area contributed by atoms with Crippen LogP contribution in [0, 0.1) is 6.92 Å². The van der Waals surface area contributed by atoms with Gasteiger partial charge in [-0.25, -0.2) is 0 Å². The van der Waals surface area contributed by atoms with E-state index in [1.807, 2.05) is 41.9 Å². The number of aryl methyl sites for hydroxylation is 1. The average molecular weight is 263 g/mol. The molecule has 0 fully saturated rings. The quantitative estimate of drug-likeness (QED) is 0.777. The number of aliphatic hydroxyl groups is 1. The van der Waals surface area contributed by atoms with Gasteiger partial charge in [-0.3, -0.25) is 0 Å². The van der Waals surface area contributed by atoms with Crippen molar-refractivity contribution in [3.05, 3.63) is 51.7 Å². The van der Waals surface area contributed by atoms with Crippen LogP contribution in [-0.2, 0) is 6.54 Å². The molecule has 0 aliphatic heterocycles. The van der Waals surface area contributed by atoms with Crippen LogP contribution in [0.25, 0.3) is 0 Å². The van der Waals surface area contributed by atoms with Crippen molar-refractivity contribution in [2.75, 3.05) is 6.54 Å². The number of thiophene rings is 1. The van der Waals surface area contributed by atoms with E-state index in [1.165, 1.54) is 0 Å². The lowest BCUT2D eigenvalue weighted by atomic mass is 10.1. The van der Waals surface area contributed by atoms with Gasteiger partial charge in [0.25, 0.3) is 0 Å². The number of aromatic hydroxyl groups is 1. The Balaban J connectivity index is 1.87. The smallest absolute Gasteiger partial charge is 0.122 e. The largest absolute Gasteiger partial charge is 0.507 e. The highest BCUT2D eigenvalue weighted by molar-refractivity contribution is 7.07. The fourth-order valence-electron chi connectivity index (χ4n) is 1.79. The maximum Gasteiger partial charge on any atom is 0.122 e. The molecular formula is C14H17NO2S. The molecule has 2 rings (SSSR count). The summed E-state index contributed by atoms with van der Waals surface area (Å²) < 4.78 is 0. The highest BCUT2D eigenvalue weighted by Gasteiger charge is 2.08. The number of benzene rings is 1. The van der Waals surface area contributed by atoms with E-state index in [-0.39, 0.29) is 0 Å². The molecule has 0 amide bonds. The van der Waals surface area contributed by atoms with Crippen molar-refractivity contribution in [2.45, 2.75) is 19.6 Å². The fourth-order valence-corrected chi connectivity index (χ4v) is 2.50. The first-order chi connectivity index (χ1) is 8.68. The number of hydrogen-bond acceptors (Lipinski definition) is 4. The number of aliphatic hydroxyl groups excluding tert-OH is 1. The summed E-state index contributed by atoms with van der Waals surface area (Å²) >= 11 is 1.57. The van der Waals surface area contributed by atoms with Crippen LogP contribution in [0.1, 0.15) is 22.8 Å². The zero-order valence-electron chi connectivity index (χ0n) is 10.3. The Hall–Kier alpha value is -1.36. The van der Waals surface area contributed by atoms with Gasteiger partial charge < -0.3 is 15.5 Å². The van der Waals surface area contributed by atoms with Crippen molar-refractivity contribution in [3.8, 4) is 5.75 Å². The molecule has 0 saturated carbocycles. The van der Waals surface area contributed by atoms with Crippen LogP contribution in [0.5, 0.6) is 5.75 Å². The highest BCUT2D eigenvalue weighted by atomic mass is 32.1. The summed E-state index contributed by atoms with van der Waals surface area (Å²) in [5.74, 6) is 0.329. The molecule has 1 aromatic carbocycles. The van der Waals surface area contributed by atoms with Crippen molar-refractivity contribution in [1.29, 1.82) is 0 Å². The molecule has 0 aliphatic rings. The number of phenols is 1. The molecule has 4 heteroatoms. The number of phenolic OH excluding ortho intramolecular Hbond substituents is 1. The van der Waals surface area contributed by atoms with Crippen LogP contribution >= 0.6 is 11.3 Å². The summed E-state index contributed by atoms with van der Waals surface area (Å²) in [5.41, 5.74) is 2.65. The van der Waals surface area contributed by atoms with E-state index in [2.05, 4.69) is 5.32 Å². The molecule has 96 valence electrons. The second kappa shape index (κ2) is 6.00. The molecule has 3 nitrogen and oxygen atoms in total. The Labute approximate surface area is 111 Å². The number of nitrogens with one attached hydrogen (secondary N) is 1. The van der Waals surface area contributed by atoms with Crippen LogP contribution in [0.15, 0.2) is 35.0 Å². The van der Waals surface area contributed by atoms with E-state index in [1.54, 1.807) is 11.3 Å². The average Bonchev–Trinajstić information content (AvgIpc) is 2.88. The molecule has 0 aliphatic carbocycles. The number of hydrogen-bond donors (Lipinski definition) is 3. The predicted octanol–water partition coefficient (Wildman–Crippen LogP) is 2.59.